The number of nitrogens with zero attached hydrogens (tertiary/aromatic N) is 1. The SMILES string of the molecule is CC(C)(C)[Si](C)(C)OC1CCc2ccc(C3=NOC(c4cc(Cl)cc(Cl)c4)(C(F)(F)F)C3)cc21. The van der Waals surface area contributed by atoms with Crippen LogP contribution in [0.2, 0.25) is 28.2 Å². The van der Waals surface area contributed by atoms with Crippen molar-refractivity contribution in [2.45, 2.75) is 76.0 Å². The summed E-state index contributed by atoms with van der Waals surface area (Å²) >= 11 is 12.0. The van der Waals surface area contributed by atoms with E-state index in [1.165, 1.54) is 18.2 Å². The van der Waals surface area contributed by atoms with E-state index in [-0.39, 0.29) is 32.5 Å². The molecule has 0 saturated carbocycles. The molecule has 3 nitrogen and oxygen atoms in total. The highest BCUT2D eigenvalue weighted by Crippen LogP contribution is 2.50. The van der Waals surface area contributed by atoms with Crippen LogP contribution >= 0.6 is 23.2 Å². The summed E-state index contributed by atoms with van der Waals surface area (Å²) in [4.78, 5) is 5.16. The summed E-state index contributed by atoms with van der Waals surface area (Å²) in [7, 11) is -2.02. The monoisotopic (exact) mass is 529 g/mol. The number of aryl methyl sites for hydroxylation is 1. The van der Waals surface area contributed by atoms with E-state index < -0.39 is 26.5 Å². The maximum absolute atomic E-state index is 14.3. The van der Waals surface area contributed by atoms with Gasteiger partial charge in [0.1, 0.15) is 0 Å². The molecular formula is C25H28Cl2F3NO2Si. The number of benzene rings is 2. The zero-order valence-electron chi connectivity index (χ0n) is 19.8. The van der Waals surface area contributed by atoms with E-state index in [0.29, 0.717) is 5.56 Å². The van der Waals surface area contributed by atoms with Crippen molar-refractivity contribution < 1.29 is 22.4 Å². The molecule has 34 heavy (non-hydrogen) atoms. The van der Waals surface area contributed by atoms with Gasteiger partial charge in [0.2, 0.25) is 0 Å². The van der Waals surface area contributed by atoms with Crippen molar-refractivity contribution in [3.8, 4) is 0 Å². The van der Waals surface area contributed by atoms with Gasteiger partial charge in [-0.3, -0.25) is 0 Å². The van der Waals surface area contributed by atoms with Gasteiger partial charge in [-0.15, -0.1) is 0 Å². The van der Waals surface area contributed by atoms with Crippen LogP contribution in [0.25, 0.3) is 0 Å². The first-order valence-electron chi connectivity index (χ1n) is 11.2. The maximum Gasteiger partial charge on any atom is 0.435 e. The zero-order valence-corrected chi connectivity index (χ0v) is 22.3. The number of hydrogen-bond acceptors (Lipinski definition) is 3. The summed E-state index contributed by atoms with van der Waals surface area (Å²) in [5.74, 6) is 0. The fourth-order valence-electron chi connectivity index (χ4n) is 4.24. The molecular weight excluding hydrogens is 502 g/mol. The van der Waals surface area contributed by atoms with E-state index >= 15 is 0 Å². The molecule has 2 atom stereocenters. The topological polar surface area (TPSA) is 30.8 Å². The lowest BCUT2D eigenvalue weighted by Gasteiger charge is -2.38. The van der Waals surface area contributed by atoms with Crippen LogP contribution in [0.3, 0.4) is 0 Å². The van der Waals surface area contributed by atoms with E-state index in [1.807, 2.05) is 18.2 Å². The summed E-state index contributed by atoms with van der Waals surface area (Å²) < 4.78 is 49.7. The highest BCUT2D eigenvalue weighted by Gasteiger charge is 2.62. The van der Waals surface area contributed by atoms with E-state index in [0.717, 1.165) is 24.0 Å². The summed E-state index contributed by atoms with van der Waals surface area (Å²) in [6.45, 7) is 11.0. The van der Waals surface area contributed by atoms with Crippen LogP contribution in [-0.4, -0.2) is 20.2 Å². The van der Waals surface area contributed by atoms with E-state index in [1.54, 1.807) is 0 Å². The Balaban J connectivity index is 1.66. The molecule has 2 aromatic carbocycles. The van der Waals surface area contributed by atoms with Crippen molar-refractivity contribution in [1.82, 2.24) is 0 Å². The molecule has 184 valence electrons. The van der Waals surface area contributed by atoms with Gasteiger partial charge >= 0.3 is 6.18 Å². The Morgan fingerprint density at radius 3 is 2.29 bits per heavy atom. The second-order valence-electron chi connectivity index (χ2n) is 10.6. The lowest BCUT2D eigenvalue weighted by atomic mass is 9.86. The van der Waals surface area contributed by atoms with Crippen molar-refractivity contribution in [2.24, 2.45) is 5.16 Å². The molecule has 4 rings (SSSR count). The van der Waals surface area contributed by atoms with Gasteiger partial charge in [-0.25, -0.2) is 0 Å². The Hall–Kier alpha value is -1.54. The molecule has 2 aromatic rings. The molecule has 0 N–H and O–H groups in total. The van der Waals surface area contributed by atoms with Gasteiger partial charge in [0.15, 0.2) is 8.32 Å². The summed E-state index contributed by atoms with van der Waals surface area (Å²) in [5.41, 5.74) is 0.206. The van der Waals surface area contributed by atoms with Crippen molar-refractivity contribution >= 4 is 37.2 Å². The zero-order chi connectivity index (χ0) is 25.1. The molecule has 2 unspecified atom stereocenters. The summed E-state index contributed by atoms with van der Waals surface area (Å²) in [6.07, 6.45) is -3.53. The number of fused-ring (bicyclic) bond motifs is 1. The molecule has 0 aromatic heterocycles. The Morgan fingerprint density at radius 2 is 1.71 bits per heavy atom. The maximum atomic E-state index is 14.3. The summed E-state index contributed by atoms with van der Waals surface area (Å²) in [6, 6.07) is 9.53. The van der Waals surface area contributed by atoms with Gasteiger partial charge in [0.05, 0.1) is 11.8 Å². The number of oxime groups is 1. The molecule has 1 aliphatic heterocycles. The highest BCUT2D eigenvalue weighted by molar-refractivity contribution is 6.74. The Labute approximate surface area is 209 Å². The van der Waals surface area contributed by atoms with Crippen LogP contribution in [0, 0.1) is 0 Å². The second-order valence-corrected chi connectivity index (χ2v) is 16.2. The normalized spacial score (nSPS) is 23.0. The third-order valence-electron chi connectivity index (χ3n) is 7.26. The molecule has 1 heterocycles. The number of rotatable bonds is 4. The van der Waals surface area contributed by atoms with Crippen LogP contribution < -0.4 is 0 Å². The van der Waals surface area contributed by atoms with Gasteiger partial charge in [0, 0.05) is 22.0 Å². The van der Waals surface area contributed by atoms with Gasteiger partial charge < -0.3 is 9.26 Å². The lowest BCUT2D eigenvalue weighted by Crippen LogP contribution is -2.42. The molecule has 0 radical (unpaired) electrons. The van der Waals surface area contributed by atoms with Gasteiger partial charge in [-0.1, -0.05) is 61.3 Å². The molecule has 0 fully saturated rings. The molecule has 9 heteroatoms. The second kappa shape index (κ2) is 8.54. The van der Waals surface area contributed by atoms with Crippen LogP contribution in [0.15, 0.2) is 41.6 Å². The van der Waals surface area contributed by atoms with E-state index in [9.17, 15) is 13.2 Å². The average molecular weight is 530 g/mol. The number of halogens is 5. The smallest absolute Gasteiger partial charge is 0.410 e. The van der Waals surface area contributed by atoms with Gasteiger partial charge in [-0.05, 0) is 71.9 Å². The Morgan fingerprint density at radius 1 is 1.06 bits per heavy atom. The first-order valence-corrected chi connectivity index (χ1v) is 14.9. The number of alkyl halides is 3. The van der Waals surface area contributed by atoms with Crippen molar-refractivity contribution in [3.63, 3.8) is 0 Å². The lowest BCUT2D eigenvalue weighted by molar-refractivity contribution is -0.275. The molecule has 0 saturated heterocycles. The van der Waals surface area contributed by atoms with Crippen molar-refractivity contribution in [3.05, 3.63) is 68.7 Å². The minimum atomic E-state index is -4.73. The Bertz CT molecular complexity index is 1120. The predicted octanol–water partition coefficient (Wildman–Crippen LogP) is 8.58. The largest absolute Gasteiger partial charge is 0.435 e. The summed E-state index contributed by atoms with van der Waals surface area (Å²) in [5, 5.41) is 4.17. The fraction of sp³-hybridized carbons (Fsp3) is 0.480. The van der Waals surface area contributed by atoms with Crippen LogP contribution in [0.5, 0.6) is 0 Å². The molecule has 0 bridgehead atoms. The fourth-order valence-corrected chi connectivity index (χ4v) is 6.08. The standard InChI is InChI=1S/C25H28Cl2F3NO2Si/c1-23(2,3)34(4,5)32-22-9-8-15-6-7-16(10-20(15)22)21-14-24(33-31-21,25(28,29)30)17-11-18(26)13-19(27)12-17/h6-7,10-13,22H,8-9,14H2,1-5H3. The van der Waals surface area contributed by atoms with Crippen molar-refractivity contribution in [2.75, 3.05) is 0 Å². The highest BCUT2D eigenvalue weighted by atomic mass is 35.5. The molecule has 0 spiro atoms. The third-order valence-corrected chi connectivity index (χ3v) is 12.2. The quantitative estimate of drug-likeness (QED) is 0.371. The van der Waals surface area contributed by atoms with Gasteiger partial charge in [-0.2, -0.15) is 13.2 Å². The minimum absolute atomic E-state index is 0.0568. The van der Waals surface area contributed by atoms with E-state index in [4.69, 9.17) is 32.5 Å². The predicted molar refractivity (Wildman–Crippen MR) is 132 cm³/mol. The van der Waals surface area contributed by atoms with E-state index in [2.05, 4.69) is 39.0 Å². The number of hydrogen-bond donors (Lipinski definition) is 0. The molecule has 2 aliphatic rings. The first kappa shape index (κ1) is 25.5. The molecule has 0 amide bonds. The van der Waals surface area contributed by atoms with Gasteiger partial charge in [0.25, 0.3) is 5.60 Å². The van der Waals surface area contributed by atoms with Crippen molar-refractivity contribution in [1.29, 1.82) is 0 Å². The minimum Gasteiger partial charge on any atom is -0.410 e. The molecule has 1 aliphatic carbocycles. The average Bonchev–Trinajstić information content (AvgIpc) is 3.31. The Kier molecular flexibility index (Phi) is 6.42. The van der Waals surface area contributed by atoms with Crippen LogP contribution in [0.4, 0.5) is 13.2 Å². The third kappa shape index (κ3) is 4.52. The first-order chi connectivity index (χ1) is 15.6. The van der Waals surface area contributed by atoms with Crippen LogP contribution in [-0.2, 0) is 21.3 Å². The van der Waals surface area contributed by atoms with Crippen LogP contribution in [0.1, 0.15) is 62.0 Å².